The second-order valence-electron chi connectivity index (χ2n) is 7.48. The standard InChI is InChI=1S/C11H13O2.3C4H9.Sn/c12-8-4-5-9-13-10-11-6-2-1-3-7-11;3*1-3-4-2;/h1-3,5-7,12H,8-10H2;3*1,3-4H2,2H3;. The van der Waals surface area contributed by atoms with E-state index in [-0.39, 0.29) is 6.61 Å². The van der Waals surface area contributed by atoms with Crippen LogP contribution in [-0.4, -0.2) is 36.7 Å². The molecule has 0 aliphatic heterocycles. The summed E-state index contributed by atoms with van der Waals surface area (Å²) in [6.07, 6.45) is 10.0. The molecule has 2 nitrogen and oxygen atoms in total. The van der Waals surface area contributed by atoms with E-state index in [1.807, 2.05) is 6.07 Å². The van der Waals surface area contributed by atoms with Crippen molar-refractivity contribution in [3.05, 3.63) is 45.6 Å². The Balaban J connectivity index is 2.81. The second kappa shape index (κ2) is 14.7. The van der Waals surface area contributed by atoms with Gasteiger partial charge >= 0.3 is 166 Å². The summed E-state index contributed by atoms with van der Waals surface area (Å²) in [5.74, 6) is 0. The van der Waals surface area contributed by atoms with Crippen LogP contribution >= 0.6 is 0 Å². The monoisotopic (exact) mass is 468 g/mol. The number of hydrogen-bond acceptors (Lipinski definition) is 2. The Morgan fingerprint density at radius 1 is 0.923 bits per heavy atom. The van der Waals surface area contributed by atoms with Crippen LogP contribution in [0.25, 0.3) is 0 Å². The Bertz CT molecular complexity index is 462. The summed E-state index contributed by atoms with van der Waals surface area (Å²) in [7, 11) is 0. The molecule has 1 aromatic carbocycles. The first kappa shape index (κ1) is 23.7. The van der Waals surface area contributed by atoms with Crippen molar-refractivity contribution in [2.24, 2.45) is 0 Å². The van der Waals surface area contributed by atoms with Gasteiger partial charge in [-0.25, -0.2) is 0 Å². The van der Waals surface area contributed by atoms with Crippen LogP contribution in [0.15, 0.2) is 40.0 Å². The summed E-state index contributed by atoms with van der Waals surface area (Å²) in [5.41, 5.74) is 1.21. The van der Waals surface area contributed by atoms with Crippen LogP contribution in [0.4, 0.5) is 0 Å². The zero-order valence-corrected chi connectivity index (χ0v) is 20.2. The zero-order chi connectivity index (χ0) is 19.1. The van der Waals surface area contributed by atoms with E-state index in [1.54, 1.807) is 0 Å². The van der Waals surface area contributed by atoms with Crippen molar-refractivity contribution in [1.82, 2.24) is 0 Å². The summed E-state index contributed by atoms with van der Waals surface area (Å²) >= 11 is -2.48. The third-order valence-corrected chi connectivity index (χ3v) is 21.6. The Morgan fingerprint density at radius 2 is 1.46 bits per heavy atom. The summed E-state index contributed by atoms with van der Waals surface area (Å²) in [6, 6.07) is 10.3. The molecule has 1 N–H and O–H groups in total. The molecule has 26 heavy (non-hydrogen) atoms. The van der Waals surface area contributed by atoms with Crippen LogP contribution in [0, 0.1) is 0 Å². The van der Waals surface area contributed by atoms with Crippen LogP contribution in [0.5, 0.6) is 0 Å². The number of rotatable bonds is 15. The molecule has 0 spiro atoms. The van der Waals surface area contributed by atoms with Crippen molar-refractivity contribution in [2.45, 2.75) is 79.2 Å². The molecule has 0 unspecified atom stereocenters. The van der Waals surface area contributed by atoms with Gasteiger partial charge in [0.05, 0.1) is 0 Å². The normalized spacial score (nSPS) is 12.5. The van der Waals surface area contributed by atoms with Crippen LogP contribution in [-0.2, 0) is 11.3 Å². The fourth-order valence-electron chi connectivity index (χ4n) is 3.76. The molecule has 1 rings (SSSR count). The van der Waals surface area contributed by atoms with Gasteiger partial charge in [-0.1, -0.05) is 0 Å². The van der Waals surface area contributed by atoms with Gasteiger partial charge in [-0.15, -0.1) is 0 Å². The first-order valence-corrected chi connectivity index (χ1v) is 18.1. The van der Waals surface area contributed by atoms with Crippen molar-refractivity contribution in [2.75, 3.05) is 13.2 Å². The fraction of sp³-hybridized carbons (Fsp3) is 0.652. The quantitative estimate of drug-likeness (QED) is 0.236. The molecular formula is C23H40O2Sn. The SMILES string of the molecule is CCC[CH2][Sn]([CH2]CCC)([CH2]CCC)/[C](=C/COCc1ccccc1)CO. The maximum atomic E-state index is 10.2. The Hall–Kier alpha value is -0.321. The van der Waals surface area contributed by atoms with E-state index >= 15 is 0 Å². The van der Waals surface area contributed by atoms with Crippen molar-refractivity contribution in [1.29, 1.82) is 0 Å². The maximum absolute atomic E-state index is 10.2. The van der Waals surface area contributed by atoms with Crippen LogP contribution in [0.3, 0.4) is 0 Å². The van der Waals surface area contributed by atoms with Gasteiger partial charge in [-0.05, 0) is 0 Å². The average molecular weight is 467 g/mol. The van der Waals surface area contributed by atoms with Gasteiger partial charge in [-0.2, -0.15) is 0 Å². The zero-order valence-electron chi connectivity index (χ0n) is 17.3. The van der Waals surface area contributed by atoms with Crippen LogP contribution < -0.4 is 0 Å². The first-order chi connectivity index (χ1) is 12.7. The molecule has 0 saturated carbocycles. The van der Waals surface area contributed by atoms with Gasteiger partial charge in [0.1, 0.15) is 0 Å². The molecule has 0 heterocycles. The Labute approximate surface area is 165 Å². The molecule has 0 bridgehead atoms. The van der Waals surface area contributed by atoms with Gasteiger partial charge in [0.25, 0.3) is 0 Å². The fourth-order valence-corrected chi connectivity index (χ4v) is 19.9. The number of benzene rings is 1. The first-order valence-electron chi connectivity index (χ1n) is 10.6. The summed E-state index contributed by atoms with van der Waals surface area (Å²) in [4.78, 5) is 0. The number of hydrogen-bond donors (Lipinski definition) is 1. The molecule has 0 atom stereocenters. The molecule has 0 aromatic heterocycles. The minimum absolute atomic E-state index is 0.252. The minimum atomic E-state index is -2.48. The number of ether oxygens (including phenoxy) is 1. The van der Waals surface area contributed by atoms with Crippen molar-refractivity contribution >= 4 is 18.4 Å². The molecule has 0 fully saturated rings. The molecular weight excluding hydrogens is 427 g/mol. The summed E-state index contributed by atoms with van der Waals surface area (Å²) in [5, 5.41) is 10.2. The van der Waals surface area contributed by atoms with Gasteiger partial charge in [0.15, 0.2) is 0 Å². The number of aliphatic hydroxyl groups is 1. The van der Waals surface area contributed by atoms with Crippen molar-refractivity contribution in [3.63, 3.8) is 0 Å². The number of aliphatic hydroxyl groups excluding tert-OH is 1. The van der Waals surface area contributed by atoms with Gasteiger partial charge in [-0.3, -0.25) is 0 Å². The Kier molecular flexibility index (Phi) is 13.4. The van der Waals surface area contributed by atoms with E-state index in [4.69, 9.17) is 4.74 Å². The van der Waals surface area contributed by atoms with E-state index in [0.29, 0.717) is 13.2 Å². The van der Waals surface area contributed by atoms with E-state index in [1.165, 1.54) is 61.0 Å². The molecule has 0 aliphatic rings. The van der Waals surface area contributed by atoms with Gasteiger partial charge < -0.3 is 0 Å². The number of unbranched alkanes of at least 4 members (excludes halogenated alkanes) is 3. The molecule has 0 aliphatic carbocycles. The molecule has 0 saturated heterocycles. The molecule has 0 amide bonds. The topological polar surface area (TPSA) is 29.5 Å². The Morgan fingerprint density at radius 3 is 1.92 bits per heavy atom. The predicted octanol–water partition coefficient (Wildman–Crippen LogP) is 6.51. The molecule has 1 aromatic rings. The van der Waals surface area contributed by atoms with Crippen LogP contribution in [0.1, 0.15) is 64.9 Å². The summed E-state index contributed by atoms with van der Waals surface area (Å²) < 4.78 is 11.5. The summed E-state index contributed by atoms with van der Waals surface area (Å²) in [6.45, 7) is 8.41. The van der Waals surface area contributed by atoms with Gasteiger partial charge in [0, 0.05) is 0 Å². The van der Waals surface area contributed by atoms with E-state index < -0.39 is 18.4 Å². The van der Waals surface area contributed by atoms with E-state index in [2.05, 4.69) is 51.1 Å². The third kappa shape index (κ3) is 8.58. The third-order valence-electron chi connectivity index (χ3n) is 5.44. The average Bonchev–Trinajstić information content (AvgIpc) is 2.69. The van der Waals surface area contributed by atoms with E-state index in [9.17, 15) is 5.11 Å². The van der Waals surface area contributed by atoms with Crippen molar-refractivity contribution < 1.29 is 9.84 Å². The molecule has 3 heteroatoms. The van der Waals surface area contributed by atoms with Crippen molar-refractivity contribution in [3.8, 4) is 0 Å². The molecule has 148 valence electrons. The predicted molar refractivity (Wildman–Crippen MR) is 116 cm³/mol. The van der Waals surface area contributed by atoms with E-state index in [0.717, 1.165) is 0 Å². The van der Waals surface area contributed by atoms with Crippen LogP contribution in [0.2, 0.25) is 13.3 Å². The van der Waals surface area contributed by atoms with Gasteiger partial charge in [0.2, 0.25) is 0 Å². The molecule has 0 radical (unpaired) electrons. The second-order valence-corrected chi connectivity index (χ2v) is 20.9.